The number of imide groups is 2. The average molecular weight is 868 g/mol. The molecule has 62 heavy (non-hydrogen) atoms. The molecule has 0 spiro atoms. The largest absolute Gasteiger partial charge is 0.461 e. The molecular formula is C43H57N5O14. The van der Waals surface area contributed by atoms with Crippen LogP contribution in [0.2, 0.25) is 0 Å². The number of nitrogens with two attached hydrogens (primary N) is 1. The van der Waals surface area contributed by atoms with Crippen LogP contribution in [0.1, 0.15) is 84.3 Å². The number of hydrogen-bond donors (Lipinski definition) is 1. The summed E-state index contributed by atoms with van der Waals surface area (Å²) in [5.41, 5.74) is 5.95. The Morgan fingerprint density at radius 3 is 1.13 bits per heavy atom. The van der Waals surface area contributed by atoms with Gasteiger partial charge in [-0.15, -0.1) is 0 Å². The summed E-state index contributed by atoms with van der Waals surface area (Å²) in [5, 5.41) is 0. The first kappa shape index (κ1) is 50.1. The molecule has 2 aliphatic heterocycles. The van der Waals surface area contributed by atoms with Gasteiger partial charge in [-0.05, 0) is 58.6 Å². The van der Waals surface area contributed by atoms with E-state index < -0.39 is 84.7 Å². The van der Waals surface area contributed by atoms with Crippen LogP contribution in [0.4, 0.5) is 4.79 Å². The number of esters is 4. The van der Waals surface area contributed by atoms with Crippen molar-refractivity contribution in [3.8, 4) is 0 Å². The van der Waals surface area contributed by atoms with Gasteiger partial charge in [-0.2, -0.15) is 0 Å². The van der Waals surface area contributed by atoms with E-state index in [2.05, 4.69) is 4.74 Å². The summed E-state index contributed by atoms with van der Waals surface area (Å²) in [6.07, 6.45) is -0.556. The van der Waals surface area contributed by atoms with Gasteiger partial charge in [-0.25, -0.2) is 14.6 Å². The van der Waals surface area contributed by atoms with Gasteiger partial charge < -0.3 is 29.4 Å². The Morgan fingerprint density at radius 2 is 0.855 bits per heavy atom. The van der Waals surface area contributed by atoms with Crippen LogP contribution in [0.25, 0.3) is 0 Å². The van der Waals surface area contributed by atoms with Gasteiger partial charge in [0.15, 0.2) is 13.5 Å². The molecule has 0 radical (unpaired) electrons. The van der Waals surface area contributed by atoms with Crippen LogP contribution in [0.15, 0.2) is 60.7 Å². The van der Waals surface area contributed by atoms with Crippen molar-refractivity contribution in [1.82, 2.24) is 19.6 Å². The molecule has 2 N–H and O–H groups in total. The minimum atomic E-state index is -0.725. The monoisotopic (exact) mass is 867 g/mol. The normalized spacial score (nSPS) is 15.8. The predicted octanol–water partition coefficient (Wildman–Crippen LogP) is 2.81. The Balaban J connectivity index is 0.00000116. The molecule has 0 aromatic heterocycles. The van der Waals surface area contributed by atoms with Gasteiger partial charge >= 0.3 is 30.0 Å². The molecule has 2 saturated heterocycles. The lowest BCUT2D eigenvalue weighted by Crippen LogP contribution is -2.63. The Bertz CT molecular complexity index is 1710. The Kier molecular flexibility index (Phi) is 20.1. The smallest absolute Gasteiger partial charge is 0.405 e. The molecule has 2 aliphatic rings. The maximum Gasteiger partial charge on any atom is 0.405 e. The van der Waals surface area contributed by atoms with Crippen LogP contribution in [0, 0.1) is 0 Å². The number of benzene rings is 2. The second kappa shape index (κ2) is 24.9. The van der Waals surface area contributed by atoms with Crippen molar-refractivity contribution >= 4 is 53.6 Å². The number of carbonyl (C=O) groups is 9. The second-order valence-electron chi connectivity index (χ2n) is 15.5. The van der Waals surface area contributed by atoms with Crippen molar-refractivity contribution in [3.63, 3.8) is 0 Å². The van der Waals surface area contributed by atoms with E-state index in [0.717, 1.165) is 20.9 Å². The molecule has 2 fully saturated rings. The molecule has 338 valence electrons. The van der Waals surface area contributed by atoms with E-state index in [-0.39, 0.29) is 77.9 Å². The van der Waals surface area contributed by atoms with Crippen LogP contribution in [-0.2, 0) is 75.3 Å². The topological polar surface area (TPSA) is 239 Å². The number of nitrogens with zero attached hydrogens (tertiary/aromatic N) is 4. The fourth-order valence-electron chi connectivity index (χ4n) is 5.99. The van der Waals surface area contributed by atoms with Crippen molar-refractivity contribution < 1.29 is 66.8 Å². The average Bonchev–Trinajstić information content (AvgIpc) is 3.21. The molecule has 5 amide bonds. The van der Waals surface area contributed by atoms with Crippen molar-refractivity contribution in [2.24, 2.45) is 5.73 Å². The summed E-state index contributed by atoms with van der Waals surface area (Å²) >= 11 is 0. The van der Waals surface area contributed by atoms with Gasteiger partial charge in [0.25, 0.3) is 0 Å². The Labute approximate surface area is 360 Å². The molecule has 4 rings (SSSR count). The van der Waals surface area contributed by atoms with Gasteiger partial charge in [0.2, 0.25) is 23.6 Å². The minimum Gasteiger partial charge on any atom is -0.461 e. The molecule has 0 bridgehead atoms. The first-order valence-electron chi connectivity index (χ1n) is 20.2. The Hall–Kier alpha value is -6.21. The number of ether oxygens (including phenoxy) is 5. The highest BCUT2D eigenvalue weighted by atomic mass is 16.6. The SMILES string of the molecule is CC(C(C)N1CC(=O)N(COC(=O)CCCC(=O)OCc2ccccc2)C(=O)C1)N1CC(=O)N(COC(=O)CCCC(=O)OCc2ccccc2)C(=O)C1.CC(C)(C)OC(N)=O. The molecule has 0 saturated carbocycles. The van der Waals surface area contributed by atoms with Crippen molar-refractivity contribution in [2.45, 2.75) is 104 Å². The summed E-state index contributed by atoms with van der Waals surface area (Å²) in [5.74, 6) is -4.58. The molecule has 2 atom stereocenters. The van der Waals surface area contributed by atoms with Crippen molar-refractivity contribution in [3.05, 3.63) is 71.8 Å². The lowest BCUT2D eigenvalue weighted by molar-refractivity contribution is -0.169. The third kappa shape index (κ3) is 18.2. The first-order chi connectivity index (χ1) is 29.3. The quantitative estimate of drug-likeness (QED) is 0.121. The number of piperazine rings is 2. The number of carbonyl (C=O) groups excluding carboxylic acids is 9. The molecule has 0 aliphatic carbocycles. The second-order valence-corrected chi connectivity index (χ2v) is 15.5. The molecule has 2 heterocycles. The highest BCUT2D eigenvalue weighted by Crippen LogP contribution is 2.19. The van der Waals surface area contributed by atoms with Gasteiger partial charge in [0.05, 0.1) is 26.2 Å². The van der Waals surface area contributed by atoms with Crippen LogP contribution >= 0.6 is 0 Å². The van der Waals surface area contributed by atoms with E-state index in [1.165, 1.54) is 0 Å². The van der Waals surface area contributed by atoms with Gasteiger partial charge in [-0.3, -0.25) is 48.2 Å². The van der Waals surface area contributed by atoms with Crippen LogP contribution in [-0.4, -0.2) is 131 Å². The standard InChI is InChI=1S/C38H46N4O12.C5H11NO2/c1-27(39-19-31(43)41(32(44)20-39)25-53-37(49)17-9-15-35(47)51-23-29-11-5-3-6-12-29)28(2)40-21-33(45)42(34(46)22-40)26-54-38(50)18-10-16-36(48)52-24-30-13-7-4-8-14-30;1-5(2,3)8-4(6)7/h3-8,11-14,27-28H,9-10,15-26H2,1-2H3;1-3H3,(H2,6,7). The fraction of sp³-hybridized carbons (Fsp3) is 0.512. The third-order valence-electron chi connectivity index (χ3n) is 9.53. The minimum absolute atomic E-state index is 0.00524. The van der Waals surface area contributed by atoms with Crippen molar-refractivity contribution in [2.75, 3.05) is 39.6 Å². The van der Waals surface area contributed by atoms with E-state index in [1.54, 1.807) is 44.4 Å². The maximum absolute atomic E-state index is 12.9. The maximum atomic E-state index is 12.9. The van der Waals surface area contributed by atoms with E-state index in [1.807, 2.05) is 60.7 Å². The molecule has 2 aromatic rings. The van der Waals surface area contributed by atoms with E-state index in [9.17, 15) is 43.2 Å². The van der Waals surface area contributed by atoms with Crippen LogP contribution in [0.5, 0.6) is 0 Å². The Morgan fingerprint density at radius 1 is 0.548 bits per heavy atom. The summed E-state index contributed by atoms with van der Waals surface area (Å²) < 4.78 is 25.2. The zero-order valence-corrected chi connectivity index (χ0v) is 35.9. The summed E-state index contributed by atoms with van der Waals surface area (Å²) in [6, 6.07) is 17.5. The lowest BCUT2D eigenvalue weighted by Gasteiger charge is -2.43. The number of rotatable bonds is 19. The highest BCUT2D eigenvalue weighted by molar-refractivity contribution is 6.00. The predicted molar refractivity (Wildman–Crippen MR) is 218 cm³/mol. The lowest BCUT2D eigenvalue weighted by atomic mass is 10.1. The van der Waals surface area contributed by atoms with Crippen molar-refractivity contribution in [1.29, 1.82) is 0 Å². The first-order valence-corrected chi connectivity index (χ1v) is 20.2. The highest BCUT2D eigenvalue weighted by Gasteiger charge is 2.40. The number of amides is 5. The van der Waals surface area contributed by atoms with Gasteiger partial charge in [-0.1, -0.05) is 60.7 Å². The molecule has 2 aromatic carbocycles. The van der Waals surface area contributed by atoms with Gasteiger partial charge in [0.1, 0.15) is 18.8 Å². The molecular weight excluding hydrogens is 810 g/mol. The number of primary amides is 1. The van der Waals surface area contributed by atoms with Crippen LogP contribution in [0.3, 0.4) is 0 Å². The van der Waals surface area contributed by atoms with E-state index >= 15 is 0 Å². The van der Waals surface area contributed by atoms with E-state index in [4.69, 9.17) is 24.7 Å². The molecule has 19 heteroatoms. The molecule has 19 nitrogen and oxygen atoms in total. The zero-order valence-electron chi connectivity index (χ0n) is 35.9. The summed E-state index contributed by atoms with van der Waals surface area (Å²) in [4.78, 5) is 115. The van der Waals surface area contributed by atoms with Gasteiger partial charge in [0, 0.05) is 37.8 Å². The third-order valence-corrected chi connectivity index (χ3v) is 9.53. The molecule has 2 unspecified atom stereocenters. The fourth-order valence-corrected chi connectivity index (χ4v) is 5.99. The summed E-state index contributed by atoms with van der Waals surface area (Å²) in [6.45, 7) is 7.33. The van der Waals surface area contributed by atoms with E-state index in [0.29, 0.717) is 0 Å². The number of hydrogen-bond acceptors (Lipinski definition) is 16. The zero-order chi connectivity index (χ0) is 45.8. The van der Waals surface area contributed by atoms with Crippen LogP contribution < -0.4 is 5.73 Å². The summed E-state index contributed by atoms with van der Waals surface area (Å²) in [7, 11) is 0.